The van der Waals surface area contributed by atoms with Crippen LogP contribution in [0.3, 0.4) is 0 Å². The molecule has 5 nitrogen and oxygen atoms in total. The normalized spacial score (nSPS) is 11.0. The lowest BCUT2D eigenvalue weighted by Gasteiger charge is -2.09. The van der Waals surface area contributed by atoms with Crippen molar-refractivity contribution in [1.82, 2.24) is 0 Å². The fraction of sp³-hybridized carbons (Fsp3) is 0.235. The number of carbonyl (C=O) groups is 1. The van der Waals surface area contributed by atoms with Crippen LogP contribution in [0.5, 0.6) is 11.5 Å². The molecule has 24 heavy (non-hydrogen) atoms. The summed E-state index contributed by atoms with van der Waals surface area (Å²) in [6, 6.07) is 10.9. The van der Waals surface area contributed by atoms with Gasteiger partial charge in [-0.3, -0.25) is 4.79 Å². The van der Waals surface area contributed by atoms with Crippen molar-refractivity contribution in [2.24, 2.45) is 0 Å². The van der Waals surface area contributed by atoms with E-state index in [-0.39, 0.29) is 31.5 Å². The van der Waals surface area contributed by atoms with Crippen LogP contribution < -0.4 is 9.47 Å². The third kappa shape index (κ3) is 8.21. The van der Waals surface area contributed by atoms with Crippen molar-refractivity contribution >= 4 is 6.29 Å². The average molecular weight is 340 g/mol. The van der Waals surface area contributed by atoms with Crippen LogP contribution in [0.25, 0.3) is 0 Å². The Morgan fingerprint density at radius 1 is 0.917 bits per heavy atom. The summed E-state index contributed by atoms with van der Waals surface area (Å²) in [7, 11) is 0. The molecule has 2 rings (SSSR count). The summed E-state index contributed by atoms with van der Waals surface area (Å²) in [5.41, 5.74) is 0. The van der Waals surface area contributed by atoms with Crippen LogP contribution >= 0.6 is 0 Å². The van der Waals surface area contributed by atoms with Crippen LogP contribution in [0.1, 0.15) is 0 Å². The summed E-state index contributed by atoms with van der Waals surface area (Å²) in [5.74, 6) is 0.311. The fourth-order valence-electron chi connectivity index (χ4n) is 1.44. The molecule has 1 unspecified atom stereocenters. The zero-order valence-corrected chi connectivity index (χ0v) is 12.8. The first-order chi connectivity index (χ1) is 11.5. The second kappa shape index (κ2) is 11.1. The standard InChI is InChI=1S/C9H11FO3.C8H7FO2/c10-7-1-3-9(4-2-7)13-6-8(12)5-11;9-7-1-3-8(4-2-7)11-6-5-10/h1-4,8,11-12H,5-6H2;1-5H,6H2. The molecule has 0 heterocycles. The van der Waals surface area contributed by atoms with Gasteiger partial charge in [-0.1, -0.05) is 0 Å². The third-order valence-corrected chi connectivity index (χ3v) is 2.60. The smallest absolute Gasteiger partial charge is 0.157 e. The van der Waals surface area contributed by atoms with Crippen LogP contribution in [-0.4, -0.2) is 42.4 Å². The Labute approximate surface area is 138 Å². The van der Waals surface area contributed by atoms with E-state index in [2.05, 4.69) is 0 Å². The number of hydrogen-bond donors (Lipinski definition) is 2. The molecule has 0 fully saturated rings. The monoisotopic (exact) mass is 340 g/mol. The van der Waals surface area contributed by atoms with Gasteiger partial charge in [0.05, 0.1) is 6.61 Å². The molecule has 2 N–H and O–H groups in total. The fourth-order valence-corrected chi connectivity index (χ4v) is 1.44. The van der Waals surface area contributed by atoms with Gasteiger partial charge in [0.1, 0.15) is 42.5 Å². The van der Waals surface area contributed by atoms with Crippen molar-refractivity contribution in [2.45, 2.75) is 6.10 Å². The first kappa shape index (κ1) is 19.5. The molecule has 1 atom stereocenters. The van der Waals surface area contributed by atoms with Crippen molar-refractivity contribution in [3.05, 3.63) is 60.2 Å². The predicted molar refractivity (Wildman–Crippen MR) is 82.9 cm³/mol. The van der Waals surface area contributed by atoms with Gasteiger partial charge < -0.3 is 19.7 Å². The van der Waals surface area contributed by atoms with E-state index in [0.29, 0.717) is 17.8 Å². The lowest BCUT2D eigenvalue weighted by molar-refractivity contribution is -0.109. The molecule has 0 amide bonds. The average Bonchev–Trinajstić information content (AvgIpc) is 2.61. The van der Waals surface area contributed by atoms with E-state index in [4.69, 9.17) is 19.7 Å². The molecule has 7 heteroatoms. The first-order valence-electron chi connectivity index (χ1n) is 7.04. The van der Waals surface area contributed by atoms with E-state index < -0.39 is 6.10 Å². The third-order valence-electron chi connectivity index (χ3n) is 2.60. The van der Waals surface area contributed by atoms with Gasteiger partial charge in [0.25, 0.3) is 0 Å². The second-order valence-electron chi connectivity index (χ2n) is 4.53. The van der Waals surface area contributed by atoms with Crippen LogP contribution in [0.2, 0.25) is 0 Å². The van der Waals surface area contributed by atoms with E-state index in [1.165, 1.54) is 48.5 Å². The lowest BCUT2D eigenvalue weighted by Crippen LogP contribution is -2.21. The van der Waals surface area contributed by atoms with Gasteiger partial charge in [-0.15, -0.1) is 0 Å². The van der Waals surface area contributed by atoms with Crippen molar-refractivity contribution in [2.75, 3.05) is 19.8 Å². The molecule has 0 radical (unpaired) electrons. The van der Waals surface area contributed by atoms with Gasteiger partial charge in [0, 0.05) is 0 Å². The molecule has 0 saturated carbocycles. The van der Waals surface area contributed by atoms with Gasteiger partial charge in [-0.05, 0) is 48.5 Å². The number of benzene rings is 2. The van der Waals surface area contributed by atoms with E-state index in [1.54, 1.807) is 0 Å². The highest BCUT2D eigenvalue weighted by Crippen LogP contribution is 2.11. The Morgan fingerprint density at radius 3 is 1.79 bits per heavy atom. The topological polar surface area (TPSA) is 76.0 Å². The highest BCUT2D eigenvalue weighted by Gasteiger charge is 2.02. The maximum absolute atomic E-state index is 12.4. The first-order valence-corrected chi connectivity index (χ1v) is 7.04. The minimum Gasteiger partial charge on any atom is -0.491 e. The van der Waals surface area contributed by atoms with Gasteiger partial charge >= 0.3 is 0 Å². The molecule has 0 saturated heterocycles. The second-order valence-corrected chi connectivity index (χ2v) is 4.53. The number of aldehydes is 1. The molecule has 2 aromatic carbocycles. The summed E-state index contributed by atoms with van der Waals surface area (Å²) in [6.45, 7) is -0.338. The van der Waals surface area contributed by atoms with E-state index in [0.717, 1.165) is 0 Å². The predicted octanol–water partition coefficient (Wildman–Crippen LogP) is 1.96. The molecule has 0 bridgehead atoms. The van der Waals surface area contributed by atoms with Crippen molar-refractivity contribution in [3.8, 4) is 11.5 Å². The Bertz CT molecular complexity index is 587. The Hall–Kier alpha value is -2.51. The maximum Gasteiger partial charge on any atom is 0.157 e. The summed E-state index contributed by atoms with van der Waals surface area (Å²) < 4.78 is 34.6. The number of ether oxygens (including phenoxy) is 2. The number of carbonyl (C=O) groups excluding carboxylic acids is 1. The van der Waals surface area contributed by atoms with Gasteiger partial charge in [-0.25, -0.2) is 8.78 Å². The quantitative estimate of drug-likeness (QED) is 0.754. The molecule has 130 valence electrons. The Kier molecular flexibility index (Phi) is 9.03. The van der Waals surface area contributed by atoms with E-state index in [9.17, 15) is 13.6 Å². The maximum atomic E-state index is 12.4. The highest BCUT2D eigenvalue weighted by molar-refractivity contribution is 5.51. The lowest BCUT2D eigenvalue weighted by atomic mass is 10.3. The SMILES string of the molecule is O=CCOc1ccc(F)cc1.OCC(O)COc1ccc(F)cc1. The Balaban J connectivity index is 0.000000243. The molecule has 0 aliphatic carbocycles. The van der Waals surface area contributed by atoms with Crippen molar-refractivity contribution in [3.63, 3.8) is 0 Å². The van der Waals surface area contributed by atoms with Gasteiger partial charge in [0.2, 0.25) is 0 Å². The number of aliphatic hydroxyl groups is 2. The van der Waals surface area contributed by atoms with Gasteiger partial charge in [-0.2, -0.15) is 0 Å². The van der Waals surface area contributed by atoms with Crippen molar-refractivity contribution < 1.29 is 33.3 Å². The summed E-state index contributed by atoms with van der Waals surface area (Å²) in [4.78, 5) is 9.85. The number of aliphatic hydroxyl groups excluding tert-OH is 2. The zero-order valence-electron chi connectivity index (χ0n) is 12.8. The molecular formula is C17H18F2O5. The molecule has 0 aliphatic heterocycles. The highest BCUT2D eigenvalue weighted by atomic mass is 19.1. The largest absolute Gasteiger partial charge is 0.491 e. The van der Waals surface area contributed by atoms with Crippen LogP contribution in [-0.2, 0) is 4.79 Å². The molecule has 0 aliphatic rings. The molecular weight excluding hydrogens is 322 g/mol. The Morgan fingerprint density at radius 2 is 1.38 bits per heavy atom. The molecule has 0 spiro atoms. The van der Waals surface area contributed by atoms with Crippen molar-refractivity contribution in [1.29, 1.82) is 0 Å². The minimum atomic E-state index is -0.898. The van der Waals surface area contributed by atoms with Gasteiger partial charge in [0.15, 0.2) is 6.29 Å². The summed E-state index contributed by atoms with van der Waals surface area (Å²) >= 11 is 0. The van der Waals surface area contributed by atoms with E-state index >= 15 is 0 Å². The number of rotatable bonds is 7. The van der Waals surface area contributed by atoms with Crippen LogP contribution in [0, 0.1) is 11.6 Å². The molecule has 0 aromatic heterocycles. The minimum absolute atomic E-state index is 0.00212. The van der Waals surface area contributed by atoms with E-state index in [1.807, 2.05) is 0 Å². The summed E-state index contributed by atoms with van der Waals surface area (Å²) in [6.07, 6.45) is -0.256. The number of hydrogen-bond acceptors (Lipinski definition) is 5. The number of halogens is 2. The van der Waals surface area contributed by atoms with Crippen LogP contribution in [0.15, 0.2) is 48.5 Å². The molecule has 2 aromatic rings. The summed E-state index contributed by atoms with van der Waals surface area (Å²) in [5, 5.41) is 17.4. The zero-order chi connectivity index (χ0) is 17.8. The van der Waals surface area contributed by atoms with Crippen LogP contribution in [0.4, 0.5) is 8.78 Å².